The molecule has 0 bridgehead atoms. The lowest BCUT2D eigenvalue weighted by atomic mass is 9.90. The zero-order valence-corrected chi connectivity index (χ0v) is 15.5. The summed E-state index contributed by atoms with van der Waals surface area (Å²) in [5.74, 6) is -0.234. The largest absolute Gasteiger partial charge is 0.465 e. The van der Waals surface area contributed by atoms with Crippen molar-refractivity contribution in [3.8, 4) is 0 Å². The van der Waals surface area contributed by atoms with E-state index in [1.807, 2.05) is 0 Å². The zero-order chi connectivity index (χ0) is 18.9. The molecule has 2 amide bonds. The molecule has 3 fully saturated rings. The number of hydrogen-bond acceptors (Lipinski definition) is 5. The third kappa shape index (κ3) is 3.82. The lowest BCUT2D eigenvalue weighted by Crippen LogP contribution is -2.60. The van der Waals surface area contributed by atoms with Gasteiger partial charge in [-0.2, -0.15) is 0 Å². The molecule has 3 aliphatic rings. The number of hydrogen-bond donors (Lipinski definition) is 3. The Morgan fingerprint density at radius 1 is 1.27 bits per heavy atom. The molecule has 26 heavy (non-hydrogen) atoms. The minimum Gasteiger partial charge on any atom is -0.465 e. The van der Waals surface area contributed by atoms with E-state index in [0.717, 1.165) is 50.2 Å². The number of β-amino-alcohol motifs (C(OH)–C–C–N with tert-alkyl or cyclic N) is 1. The maximum Gasteiger partial charge on any atom is 0.408 e. The Kier molecular flexibility index (Phi) is 5.74. The predicted octanol–water partition coefficient (Wildman–Crippen LogP) is 0.185. The fraction of sp³-hybridized carbons (Fsp3) is 0.889. The normalized spacial score (nSPS) is 29.9. The second-order valence-electron chi connectivity index (χ2n) is 8.09. The Balaban J connectivity index is 1.46. The lowest BCUT2D eigenvalue weighted by Gasteiger charge is -2.41. The molecule has 1 aliphatic carbocycles. The highest BCUT2D eigenvalue weighted by atomic mass is 16.4. The van der Waals surface area contributed by atoms with Gasteiger partial charge in [0, 0.05) is 19.6 Å². The fourth-order valence-corrected chi connectivity index (χ4v) is 4.44. The Morgan fingerprint density at radius 2 is 2.00 bits per heavy atom. The van der Waals surface area contributed by atoms with Crippen LogP contribution >= 0.6 is 0 Å². The van der Waals surface area contributed by atoms with Crippen LogP contribution in [-0.4, -0.2) is 99.5 Å². The van der Waals surface area contributed by atoms with Gasteiger partial charge in [-0.1, -0.05) is 0 Å². The van der Waals surface area contributed by atoms with Crippen molar-refractivity contribution in [2.45, 2.75) is 57.2 Å². The summed E-state index contributed by atoms with van der Waals surface area (Å²) >= 11 is 0. The number of rotatable bonds is 6. The van der Waals surface area contributed by atoms with E-state index < -0.39 is 12.1 Å². The minimum absolute atomic E-state index is 0.114. The van der Waals surface area contributed by atoms with E-state index in [1.54, 1.807) is 11.8 Å². The molecule has 3 atom stereocenters. The molecular weight excluding hydrogens is 338 g/mol. The van der Waals surface area contributed by atoms with Crippen molar-refractivity contribution in [2.24, 2.45) is 5.41 Å². The second kappa shape index (κ2) is 7.70. The Morgan fingerprint density at radius 3 is 2.58 bits per heavy atom. The smallest absolute Gasteiger partial charge is 0.408 e. The predicted molar refractivity (Wildman–Crippen MR) is 94.7 cm³/mol. The van der Waals surface area contributed by atoms with E-state index in [1.165, 1.54) is 0 Å². The zero-order valence-electron chi connectivity index (χ0n) is 15.5. The molecule has 0 aromatic carbocycles. The van der Waals surface area contributed by atoms with Gasteiger partial charge in [-0.3, -0.25) is 9.69 Å². The van der Waals surface area contributed by atoms with Gasteiger partial charge in [-0.05, 0) is 57.5 Å². The van der Waals surface area contributed by atoms with E-state index in [4.69, 9.17) is 5.11 Å². The molecule has 2 unspecified atom stereocenters. The molecule has 3 rings (SSSR count). The number of carbonyl (C=O) groups excluding carboxylic acids is 1. The van der Waals surface area contributed by atoms with Crippen LogP contribution in [0.15, 0.2) is 0 Å². The number of nitrogens with zero attached hydrogens (tertiary/aromatic N) is 3. The van der Waals surface area contributed by atoms with Gasteiger partial charge in [0.05, 0.1) is 18.8 Å². The summed E-state index contributed by atoms with van der Waals surface area (Å²) in [5.41, 5.74) is 0.205. The van der Waals surface area contributed by atoms with Gasteiger partial charge in [0.15, 0.2) is 0 Å². The highest BCUT2D eigenvalue weighted by molar-refractivity contribution is 5.86. The van der Waals surface area contributed by atoms with Crippen molar-refractivity contribution >= 4 is 12.0 Å². The number of carbonyl (C=O) groups is 2. The summed E-state index contributed by atoms with van der Waals surface area (Å²) in [6.45, 7) is 4.66. The number of piperazine rings is 1. The first-order chi connectivity index (χ1) is 12.4. The van der Waals surface area contributed by atoms with Crippen LogP contribution < -0.4 is 0 Å². The Bertz CT molecular complexity index is 539. The molecule has 1 saturated carbocycles. The molecule has 0 aromatic rings. The average molecular weight is 369 g/mol. The average Bonchev–Trinajstić information content (AvgIpc) is 3.39. The Hall–Kier alpha value is -1.38. The first kappa shape index (κ1) is 19.4. The van der Waals surface area contributed by atoms with Gasteiger partial charge in [-0.25, -0.2) is 4.79 Å². The topological polar surface area (TPSA) is 105 Å². The van der Waals surface area contributed by atoms with Gasteiger partial charge in [0.25, 0.3) is 0 Å². The van der Waals surface area contributed by atoms with E-state index in [2.05, 4.69) is 4.90 Å². The first-order valence-corrected chi connectivity index (χ1v) is 9.69. The number of piperidine rings is 1. The van der Waals surface area contributed by atoms with Gasteiger partial charge >= 0.3 is 6.09 Å². The van der Waals surface area contributed by atoms with Crippen molar-refractivity contribution < 1.29 is 24.9 Å². The van der Waals surface area contributed by atoms with Crippen molar-refractivity contribution in [3.63, 3.8) is 0 Å². The molecule has 1 spiro atoms. The van der Waals surface area contributed by atoms with Crippen molar-refractivity contribution in [3.05, 3.63) is 0 Å². The number of amides is 2. The van der Waals surface area contributed by atoms with Gasteiger partial charge in [0.1, 0.15) is 6.04 Å². The van der Waals surface area contributed by atoms with Crippen LogP contribution in [0, 0.1) is 5.41 Å². The van der Waals surface area contributed by atoms with Crippen LogP contribution in [-0.2, 0) is 4.79 Å². The monoisotopic (exact) mass is 369 g/mol. The number of aliphatic hydroxyl groups is 2. The van der Waals surface area contributed by atoms with Gasteiger partial charge in [-0.15, -0.1) is 0 Å². The standard InChI is InChI=1S/C18H31N3O5/c1-13-16(24)21(10-9-20(13)17(25)26)14(12-22)3-2-7-19-8-6-18(4-5-18)15(23)11-19/h13-15,22-23H,2-12H2,1H3,(H,25,26)/t13?,14-,15?/m0/s1. The molecule has 0 aromatic heterocycles. The maximum absolute atomic E-state index is 12.5. The third-order valence-electron chi connectivity index (χ3n) is 6.55. The molecule has 0 radical (unpaired) electrons. The summed E-state index contributed by atoms with van der Waals surface area (Å²) < 4.78 is 0. The van der Waals surface area contributed by atoms with Crippen molar-refractivity contribution in [1.82, 2.24) is 14.7 Å². The Labute approximate surface area is 154 Å². The first-order valence-electron chi connectivity index (χ1n) is 9.69. The van der Waals surface area contributed by atoms with E-state index in [9.17, 15) is 19.8 Å². The van der Waals surface area contributed by atoms with E-state index in [-0.39, 0.29) is 36.6 Å². The molecule has 2 saturated heterocycles. The van der Waals surface area contributed by atoms with Crippen molar-refractivity contribution in [2.75, 3.05) is 39.3 Å². The molecule has 8 heteroatoms. The SMILES string of the molecule is CC1C(=O)N([C@H](CO)CCCN2CCC3(CC3)C(O)C2)CCN1C(=O)O. The van der Waals surface area contributed by atoms with Crippen molar-refractivity contribution in [1.29, 1.82) is 0 Å². The van der Waals surface area contributed by atoms with Gasteiger partial charge in [0.2, 0.25) is 5.91 Å². The summed E-state index contributed by atoms with van der Waals surface area (Å²) in [7, 11) is 0. The van der Waals surface area contributed by atoms with Crippen LogP contribution in [0.4, 0.5) is 4.79 Å². The molecule has 3 N–H and O–H groups in total. The maximum atomic E-state index is 12.5. The third-order valence-corrected chi connectivity index (χ3v) is 6.55. The van der Waals surface area contributed by atoms with E-state index >= 15 is 0 Å². The molecule has 148 valence electrons. The van der Waals surface area contributed by atoms with Crippen LogP contribution in [0.25, 0.3) is 0 Å². The lowest BCUT2D eigenvalue weighted by molar-refractivity contribution is -0.143. The van der Waals surface area contributed by atoms with Gasteiger partial charge < -0.3 is 25.1 Å². The molecule has 8 nitrogen and oxygen atoms in total. The minimum atomic E-state index is -1.08. The number of likely N-dealkylation sites (tertiary alicyclic amines) is 1. The summed E-state index contributed by atoms with van der Waals surface area (Å²) in [4.78, 5) is 28.7. The van der Waals surface area contributed by atoms with E-state index in [0.29, 0.717) is 13.0 Å². The van der Waals surface area contributed by atoms with Crippen LogP contribution in [0.2, 0.25) is 0 Å². The molecule has 2 heterocycles. The molecule has 2 aliphatic heterocycles. The summed E-state index contributed by atoms with van der Waals surface area (Å²) in [5, 5.41) is 29.1. The number of aliphatic hydroxyl groups excluding tert-OH is 2. The van der Waals surface area contributed by atoms with Crippen LogP contribution in [0.3, 0.4) is 0 Å². The van der Waals surface area contributed by atoms with Crippen LogP contribution in [0.5, 0.6) is 0 Å². The number of carboxylic acid groups (broad SMARTS) is 1. The summed E-state index contributed by atoms with van der Waals surface area (Å²) in [6, 6.07) is -0.979. The van der Waals surface area contributed by atoms with Crippen LogP contribution in [0.1, 0.15) is 39.0 Å². The fourth-order valence-electron chi connectivity index (χ4n) is 4.44. The second-order valence-corrected chi connectivity index (χ2v) is 8.09. The quantitative estimate of drug-likeness (QED) is 0.617. The highest BCUT2D eigenvalue weighted by Crippen LogP contribution is 2.53. The highest BCUT2D eigenvalue weighted by Gasteiger charge is 2.51. The summed E-state index contributed by atoms with van der Waals surface area (Å²) in [6.07, 6.45) is 3.57. The molecular formula is C18H31N3O5.